The third kappa shape index (κ3) is 8.00. The highest BCUT2D eigenvalue weighted by atomic mass is 16.6. The summed E-state index contributed by atoms with van der Waals surface area (Å²) in [6, 6.07) is 15.6. The van der Waals surface area contributed by atoms with Crippen LogP contribution in [0.15, 0.2) is 48.5 Å². The SMILES string of the molecule is CCOC(=O)c1[nH]c([C@@H]2CCCN2C(=O)OC(C)(C)C)nc1-c1ccc(-c2ccc(-c3nc([C@@H]4CCCN4C(=O)OC(C)(C)C)[nH]c3C)cc2)cc1. The number of carbonyl (C=O) groups is 3. The number of aromatic amines is 2. The van der Waals surface area contributed by atoms with Crippen molar-refractivity contribution in [3.63, 3.8) is 0 Å². The molecule has 0 bridgehead atoms. The van der Waals surface area contributed by atoms with Gasteiger partial charge >= 0.3 is 18.2 Å². The van der Waals surface area contributed by atoms with Gasteiger partial charge in [-0.15, -0.1) is 0 Å². The van der Waals surface area contributed by atoms with E-state index in [4.69, 9.17) is 24.2 Å². The zero-order valence-electron chi connectivity index (χ0n) is 31.5. The second-order valence-corrected chi connectivity index (χ2v) is 15.5. The minimum absolute atomic E-state index is 0.155. The van der Waals surface area contributed by atoms with E-state index in [1.807, 2.05) is 84.9 Å². The molecule has 0 spiro atoms. The maximum atomic E-state index is 13.1. The fourth-order valence-corrected chi connectivity index (χ4v) is 6.85. The van der Waals surface area contributed by atoms with E-state index in [-0.39, 0.29) is 30.5 Å². The Labute approximate surface area is 305 Å². The van der Waals surface area contributed by atoms with Crippen LogP contribution in [-0.2, 0) is 14.2 Å². The minimum Gasteiger partial charge on any atom is -0.461 e. The zero-order chi connectivity index (χ0) is 37.4. The minimum atomic E-state index is -0.625. The van der Waals surface area contributed by atoms with Crippen LogP contribution in [0.25, 0.3) is 33.6 Å². The number of ether oxygens (including phenoxy) is 3. The number of benzene rings is 2. The first-order valence-electron chi connectivity index (χ1n) is 18.2. The normalized spacial score (nSPS) is 17.8. The van der Waals surface area contributed by atoms with Crippen molar-refractivity contribution in [3.8, 4) is 33.6 Å². The lowest BCUT2D eigenvalue weighted by atomic mass is 10.00. The molecular weight excluding hydrogens is 660 g/mol. The number of aromatic nitrogens is 4. The van der Waals surface area contributed by atoms with Gasteiger partial charge in [0.1, 0.15) is 28.5 Å². The summed E-state index contributed by atoms with van der Waals surface area (Å²) in [5.41, 5.74) is 5.06. The van der Waals surface area contributed by atoms with Gasteiger partial charge in [-0.25, -0.2) is 24.4 Å². The predicted molar refractivity (Wildman–Crippen MR) is 198 cm³/mol. The van der Waals surface area contributed by atoms with Gasteiger partial charge in [-0.2, -0.15) is 0 Å². The van der Waals surface area contributed by atoms with Gasteiger partial charge in [0.05, 0.1) is 24.4 Å². The quantitative estimate of drug-likeness (QED) is 0.143. The number of rotatable bonds is 7. The third-order valence-electron chi connectivity index (χ3n) is 9.15. The largest absolute Gasteiger partial charge is 0.461 e. The van der Waals surface area contributed by atoms with Gasteiger partial charge in [0, 0.05) is 29.9 Å². The molecule has 2 amide bonds. The van der Waals surface area contributed by atoms with Crippen molar-refractivity contribution in [2.45, 2.75) is 104 Å². The van der Waals surface area contributed by atoms with Crippen LogP contribution in [-0.4, -0.2) is 78.8 Å². The Bertz CT molecular complexity index is 1920. The number of esters is 1. The van der Waals surface area contributed by atoms with E-state index < -0.39 is 23.3 Å². The van der Waals surface area contributed by atoms with Crippen molar-refractivity contribution < 1.29 is 28.6 Å². The number of aryl methyl sites for hydroxylation is 1. The van der Waals surface area contributed by atoms with Crippen molar-refractivity contribution in [2.24, 2.45) is 0 Å². The third-order valence-corrected chi connectivity index (χ3v) is 9.15. The molecule has 4 aromatic rings. The van der Waals surface area contributed by atoms with E-state index in [0.29, 0.717) is 31.0 Å². The topological polar surface area (TPSA) is 143 Å². The molecule has 2 aromatic carbocycles. The summed E-state index contributed by atoms with van der Waals surface area (Å²) >= 11 is 0. The number of hydrogen-bond donors (Lipinski definition) is 2. The van der Waals surface area contributed by atoms with Gasteiger partial charge in [-0.1, -0.05) is 48.5 Å². The van der Waals surface area contributed by atoms with Crippen LogP contribution in [0.1, 0.15) is 114 Å². The molecule has 0 unspecified atom stereocenters. The maximum Gasteiger partial charge on any atom is 0.410 e. The second kappa shape index (κ2) is 14.5. The van der Waals surface area contributed by atoms with Crippen LogP contribution in [0.5, 0.6) is 0 Å². The second-order valence-electron chi connectivity index (χ2n) is 15.5. The molecule has 2 saturated heterocycles. The average Bonchev–Trinajstić information content (AvgIpc) is 3.89. The van der Waals surface area contributed by atoms with Crippen molar-refractivity contribution in [2.75, 3.05) is 19.7 Å². The van der Waals surface area contributed by atoms with Gasteiger partial charge < -0.3 is 24.2 Å². The number of nitrogens with zero attached hydrogens (tertiary/aromatic N) is 4. The van der Waals surface area contributed by atoms with E-state index in [1.165, 1.54) is 0 Å². The first-order chi connectivity index (χ1) is 24.6. The lowest BCUT2D eigenvalue weighted by Crippen LogP contribution is -2.36. The monoisotopic (exact) mass is 710 g/mol. The first-order valence-corrected chi connectivity index (χ1v) is 18.2. The van der Waals surface area contributed by atoms with E-state index in [0.717, 1.165) is 58.7 Å². The number of imidazole rings is 2. The molecule has 4 heterocycles. The van der Waals surface area contributed by atoms with E-state index in [1.54, 1.807) is 16.7 Å². The van der Waals surface area contributed by atoms with Crippen LogP contribution in [0.4, 0.5) is 9.59 Å². The summed E-state index contributed by atoms with van der Waals surface area (Å²) in [4.78, 5) is 58.9. The van der Waals surface area contributed by atoms with Crippen LogP contribution >= 0.6 is 0 Å². The average molecular weight is 711 g/mol. The Hall–Kier alpha value is -5.13. The van der Waals surface area contributed by atoms with Gasteiger partial charge in [0.15, 0.2) is 5.69 Å². The number of hydrogen-bond acceptors (Lipinski definition) is 8. The molecule has 2 aliphatic rings. The molecule has 2 aromatic heterocycles. The van der Waals surface area contributed by atoms with Crippen LogP contribution in [0.2, 0.25) is 0 Å². The van der Waals surface area contributed by atoms with Crippen LogP contribution in [0, 0.1) is 6.92 Å². The van der Waals surface area contributed by atoms with Crippen molar-refractivity contribution in [1.29, 1.82) is 0 Å². The number of likely N-dealkylation sites (tertiary alicyclic amines) is 2. The number of amides is 2. The fourth-order valence-electron chi connectivity index (χ4n) is 6.85. The summed E-state index contributed by atoms with van der Waals surface area (Å²) in [5.74, 6) is 0.799. The Morgan fingerprint density at radius 1 is 0.692 bits per heavy atom. The smallest absolute Gasteiger partial charge is 0.410 e. The number of carbonyl (C=O) groups excluding carboxylic acids is 3. The maximum absolute atomic E-state index is 13.1. The van der Waals surface area contributed by atoms with Gasteiger partial charge in [0.2, 0.25) is 0 Å². The summed E-state index contributed by atoms with van der Waals surface area (Å²) in [6.45, 7) is 16.3. The van der Waals surface area contributed by atoms with Crippen molar-refractivity contribution in [3.05, 3.63) is 71.6 Å². The van der Waals surface area contributed by atoms with E-state index in [2.05, 4.69) is 22.1 Å². The highest BCUT2D eigenvalue weighted by molar-refractivity contribution is 5.94. The van der Waals surface area contributed by atoms with Crippen LogP contribution < -0.4 is 0 Å². The summed E-state index contributed by atoms with van der Waals surface area (Å²) < 4.78 is 16.7. The summed E-state index contributed by atoms with van der Waals surface area (Å²) in [6.07, 6.45) is 2.51. The summed E-state index contributed by atoms with van der Waals surface area (Å²) in [7, 11) is 0. The number of nitrogens with one attached hydrogen (secondary N) is 2. The zero-order valence-corrected chi connectivity index (χ0v) is 31.5. The Morgan fingerprint density at radius 3 is 1.58 bits per heavy atom. The Kier molecular flexibility index (Phi) is 10.2. The first kappa shape index (κ1) is 36.7. The molecule has 0 aliphatic carbocycles. The highest BCUT2D eigenvalue weighted by Gasteiger charge is 2.37. The molecule has 2 N–H and O–H groups in total. The summed E-state index contributed by atoms with van der Waals surface area (Å²) in [5, 5.41) is 0. The van der Waals surface area contributed by atoms with Crippen molar-refractivity contribution in [1.82, 2.24) is 29.7 Å². The Balaban J connectivity index is 1.21. The molecular formula is C40H50N6O6. The van der Waals surface area contributed by atoms with E-state index >= 15 is 0 Å². The van der Waals surface area contributed by atoms with Gasteiger partial charge in [-0.05, 0) is 92.2 Å². The molecule has 2 fully saturated rings. The molecule has 12 heteroatoms. The van der Waals surface area contributed by atoms with E-state index in [9.17, 15) is 14.4 Å². The van der Waals surface area contributed by atoms with Gasteiger partial charge in [0.25, 0.3) is 0 Å². The van der Waals surface area contributed by atoms with Crippen molar-refractivity contribution >= 4 is 18.2 Å². The molecule has 0 saturated carbocycles. The van der Waals surface area contributed by atoms with Crippen LogP contribution in [0.3, 0.4) is 0 Å². The fraction of sp³-hybridized carbons (Fsp3) is 0.475. The number of H-pyrrole nitrogens is 2. The lowest BCUT2D eigenvalue weighted by molar-refractivity contribution is 0.0208. The molecule has 276 valence electrons. The molecule has 2 aliphatic heterocycles. The Morgan fingerprint density at radius 2 is 1.12 bits per heavy atom. The lowest BCUT2D eigenvalue weighted by Gasteiger charge is -2.27. The van der Waals surface area contributed by atoms with Gasteiger partial charge in [-0.3, -0.25) is 9.80 Å². The molecule has 52 heavy (non-hydrogen) atoms. The molecule has 6 rings (SSSR count). The highest BCUT2D eigenvalue weighted by Crippen LogP contribution is 2.37. The predicted octanol–water partition coefficient (Wildman–Crippen LogP) is 8.76. The molecule has 2 atom stereocenters. The standard InChI is InChI=1S/C40H50N6O6/c1-9-50-36(47)33-32(43-35(44-33)30-13-11-23-46(30)38(49)52-40(6,7)8)28-20-16-26(17-21-28)25-14-18-27(19-15-25)31-24(2)41-34(42-31)29-12-10-22-45(29)37(48)51-39(3,4)5/h14-21,29-30H,9-13,22-23H2,1-8H3,(H,41,42)(H,43,44)/t29-,30-/m0/s1. The molecule has 12 nitrogen and oxygen atoms in total. The molecule has 0 radical (unpaired) electrons.